The molecule has 0 spiro atoms. The number of likely N-dealkylation sites (tertiary alicyclic amines) is 1. The van der Waals surface area contributed by atoms with Gasteiger partial charge in [0.25, 0.3) is 0 Å². The van der Waals surface area contributed by atoms with Crippen molar-refractivity contribution < 1.29 is 33.1 Å². The van der Waals surface area contributed by atoms with Crippen molar-refractivity contribution in [3.8, 4) is 5.69 Å². The molecule has 2 N–H and O–H groups in total. The van der Waals surface area contributed by atoms with Crippen LogP contribution in [0.5, 0.6) is 0 Å². The first kappa shape index (κ1) is 27.4. The number of nitrogens with one attached hydrogen (secondary N) is 1. The summed E-state index contributed by atoms with van der Waals surface area (Å²) in [6, 6.07) is 6.52. The molecule has 0 aliphatic carbocycles. The van der Waals surface area contributed by atoms with Gasteiger partial charge in [0.2, 0.25) is 11.8 Å². The fraction of sp³-hybridized carbons (Fsp3) is 0.469. The lowest BCUT2D eigenvalue weighted by molar-refractivity contribution is -0.139. The molecule has 3 amide bonds. The van der Waals surface area contributed by atoms with Gasteiger partial charge in [-0.3, -0.25) is 19.5 Å². The number of pyridine rings is 1. The van der Waals surface area contributed by atoms with Gasteiger partial charge in [0.1, 0.15) is 17.7 Å². The number of amides is 3. The summed E-state index contributed by atoms with van der Waals surface area (Å²) in [5.41, 5.74) is 0.671. The molecule has 2 aromatic heterocycles. The van der Waals surface area contributed by atoms with Crippen LogP contribution in [-0.4, -0.2) is 79.6 Å². The smallest absolute Gasteiger partial charge is 0.410 e. The van der Waals surface area contributed by atoms with Crippen LogP contribution in [-0.2, 0) is 14.3 Å². The Balaban J connectivity index is 1.52. The molecule has 3 atom stereocenters. The predicted octanol–water partition coefficient (Wildman–Crippen LogP) is 4.78. The standard InChI is InChI=1S/C32H41N5O6/c1-19(2)27(34-28(38)20(3)35(7)31(42)43-32(4,5)6)29(39)37-14-9-12-25(37)21-16-22(18-33-17-21)36-15-13-23-24(30(40)41)10-8-11-26(23)36/h8,10-11,13,15-20,25,27H,9,12,14H2,1-7H3,(H,34,38)(H,40,41)/t20-,25-,27-/m0/s1/i4D3. The Bertz CT molecular complexity index is 1640. The number of hydrogen-bond acceptors (Lipinski definition) is 6. The van der Waals surface area contributed by atoms with Gasteiger partial charge in [-0.2, -0.15) is 0 Å². The van der Waals surface area contributed by atoms with Gasteiger partial charge in [0, 0.05) is 35.5 Å². The summed E-state index contributed by atoms with van der Waals surface area (Å²) in [7, 11) is 1.33. The largest absolute Gasteiger partial charge is 0.478 e. The zero-order chi connectivity index (χ0) is 34.1. The Labute approximate surface area is 256 Å². The van der Waals surface area contributed by atoms with Crippen LogP contribution < -0.4 is 5.32 Å². The summed E-state index contributed by atoms with van der Waals surface area (Å²) >= 11 is 0. The topological polar surface area (TPSA) is 134 Å². The molecule has 43 heavy (non-hydrogen) atoms. The molecule has 11 heteroatoms. The number of rotatable bonds is 8. The van der Waals surface area contributed by atoms with E-state index in [9.17, 15) is 24.3 Å². The van der Waals surface area contributed by atoms with Crippen LogP contribution in [0.4, 0.5) is 4.79 Å². The van der Waals surface area contributed by atoms with Crippen LogP contribution in [0.3, 0.4) is 0 Å². The Morgan fingerprint density at radius 3 is 2.60 bits per heavy atom. The number of benzene rings is 1. The zero-order valence-electron chi connectivity index (χ0n) is 28.3. The van der Waals surface area contributed by atoms with Gasteiger partial charge >= 0.3 is 12.1 Å². The third kappa shape index (κ3) is 6.81. The van der Waals surface area contributed by atoms with Gasteiger partial charge in [-0.05, 0) is 76.2 Å². The van der Waals surface area contributed by atoms with Crippen LogP contribution in [0, 0.1) is 5.92 Å². The molecule has 4 rings (SSSR count). The van der Waals surface area contributed by atoms with Crippen molar-refractivity contribution in [2.24, 2.45) is 5.92 Å². The molecule has 1 fully saturated rings. The number of carbonyl (C=O) groups is 4. The third-order valence-corrected chi connectivity index (χ3v) is 7.73. The van der Waals surface area contributed by atoms with Crippen molar-refractivity contribution in [3.05, 3.63) is 60.0 Å². The number of aromatic nitrogens is 2. The molecular formula is C32H41N5O6. The van der Waals surface area contributed by atoms with E-state index in [0.29, 0.717) is 29.6 Å². The highest BCUT2D eigenvalue weighted by atomic mass is 16.6. The van der Waals surface area contributed by atoms with E-state index in [4.69, 9.17) is 8.85 Å². The van der Waals surface area contributed by atoms with Crippen molar-refractivity contribution in [1.29, 1.82) is 0 Å². The lowest BCUT2D eigenvalue weighted by Gasteiger charge is -2.33. The normalized spacial score (nSPS) is 18.0. The number of ether oxygens (including phenoxy) is 1. The summed E-state index contributed by atoms with van der Waals surface area (Å²) in [4.78, 5) is 58.9. The zero-order valence-corrected chi connectivity index (χ0v) is 25.3. The molecule has 1 saturated heterocycles. The number of likely N-dealkylation sites (N-methyl/N-ethyl adjacent to an activating group) is 1. The maximum atomic E-state index is 14.0. The van der Waals surface area contributed by atoms with Crippen molar-refractivity contribution in [3.63, 3.8) is 0 Å². The summed E-state index contributed by atoms with van der Waals surface area (Å²) in [5, 5.41) is 13.0. The number of nitrogens with zero attached hydrogens (tertiary/aromatic N) is 4. The predicted molar refractivity (Wildman–Crippen MR) is 162 cm³/mol. The molecule has 3 aromatic rings. The quantitative estimate of drug-likeness (QED) is 0.383. The highest BCUT2D eigenvalue weighted by Gasteiger charge is 2.37. The number of carbonyl (C=O) groups excluding carboxylic acids is 3. The lowest BCUT2D eigenvalue weighted by Crippen LogP contribution is -2.55. The molecule has 1 aliphatic rings. The van der Waals surface area contributed by atoms with Crippen molar-refractivity contribution >= 4 is 34.8 Å². The summed E-state index contributed by atoms with van der Waals surface area (Å²) in [5.74, 6) is -2.15. The van der Waals surface area contributed by atoms with Crippen molar-refractivity contribution in [2.75, 3.05) is 13.6 Å². The van der Waals surface area contributed by atoms with Gasteiger partial charge in [-0.15, -0.1) is 0 Å². The minimum atomic E-state index is -2.56. The molecule has 0 saturated carbocycles. The van der Waals surface area contributed by atoms with E-state index in [-0.39, 0.29) is 23.4 Å². The number of fused-ring (bicyclic) bond motifs is 1. The molecule has 3 heterocycles. The average molecular weight is 595 g/mol. The fourth-order valence-electron chi connectivity index (χ4n) is 5.31. The second-order valence-electron chi connectivity index (χ2n) is 11.8. The van der Waals surface area contributed by atoms with Gasteiger partial charge < -0.3 is 24.6 Å². The van der Waals surface area contributed by atoms with Crippen molar-refractivity contribution in [1.82, 2.24) is 24.7 Å². The molecule has 0 radical (unpaired) electrons. The molecule has 230 valence electrons. The summed E-state index contributed by atoms with van der Waals surface area (Å²) < 4.78 is 29.9. The summed E-state index contributed by atoms with van der Waals surface area (Å²) in [6.45, 7) is 5.58. The number of carboxylic acid groups (broad SMARTS) is 1. The first-order chi connectivity index (χ1) is 21.4. The lowest BCUT2D eigenvalue weighted by atomic mass is 10.00. The second-order valence-corrected chi connectivity index (χ2v) is 11.8. The SMILES string of the molecule is [2H]C([2H])([2H])C(C)(C)OC(=O)N(C)[C@@H](C)C(=O)N[C@H](C(=O)N1CCC[C@H]1c1cncc(-n2ccc3c(C(=O)O)cccc32)c1)C(C)C. The maximum Gasteiger partial charge on any atom is 0.410 e. The molecular weight excluding hydrogens is 550 g/mol. The minimum absolute atomic E-state index is 0.201. The first-order valence-electron chi connectivity index (χ1n) is 15.8. The average Bonchev–Trinajstić information content (AvgIpc) is 3.65. The fourth-order valence-corrected chi connectivity index (χ4v) is 5.31. The molecule has 1 aromatic carbocycles. The third-order valence-electron chi connectivity index (χ3n) is 7.73. The van der Waals surface area contributed by atoms with Crippen LogP contribution in [0.1, 0.15) is 80.4 Å². The molecule has 11 nitrogen and oxygen atoms in total. The maximum absolute atomic E-state index is 14.0. The van der Waals surface area contributed by atoms with Gasteiger partial charge in [0.05, 0.1) is 29.0 Å². The van der Waals surface area contributed by atoms with E-state index in [1.54, 1.807) is 41.7 Å². The van der Waals surface area contributed by atoms with Gasteiger partial charge in [0.15, 0.2) is 0 Å². The van der Waals surface area contributed by atoms with E-state index in [2.05, 4.69) is 10.3 Å². The number of hydrogen-bond donors (Lipinski definition) is 2. The van der Waals surface area contributed by atoms with Crippen molar-refractivity contribution in [2.45, 2.75) is 78.0 Å². The highest BCUT2D eigenvalue weighted by Crippen LogP contribution is 2.34. The Kier molecular flexibility index (Phi) is 7.94. The van der Waals surface area contributed by atoms with E-state index >= 15 is 0 Å². The molecule has 1 aliphatic heterocycles. The molecule has 0 bridgehead atoms. The van der Waals surface area contributed by atoms with Gasteiger partial charge in [-0.1, -0.05) is 19.9 Å². The first-order valence-corrected chi connectivity index (χ1v) is 14.3. The van der Waals surface area contributed by atoms with Crippen LogP contribution in [0.25, 0.3) is 16.6 Å². The van der Waals surface area contributed by atoms with Crippen LogP contribution >= 0.6 is 0 Å². The Morgan fingerprint density at radius 1 is 1.19 bits per heavy atom. The van der Waals surface area contributed by atoms with Crippen LogP contribution in [0.2, 0.25) is 0 Å². The monoisotopic (exact) mass is 594 g/mol. The Morgan fingerprint density at radius 2 is 1.93 bits per heavy atom. The second kappa shape index (κ2) is 12.4. The number of aromatic carboxylic acids is 1. The van der Waals surface area contributed by atoms with E-state index in [0.717, 1.165) is 16.9 Å². The highest BCUT2D eigenvalue weighted by molar-refractivity contribution is 6.03. The van der Waals surface area contributed by atoms with E-state index < -0.39 is 42.5 Å². The van der Waals surface area contributed by atoms with E-state index in [1.165, 1.54) is 27.8 Å². The minimum Gasteiger partial charge on any atom is -0.478 e. The van der Waals surface area contributed by atoms with E-state index in [1.807, 2.05) is 30.5 Å². The summed E-state index contributed by atoms with van der Waals surface area (Å²) in [6.07, 6.45) is 5.64. The van der Waals surface area contributed by atoms with Gasteiger partial charge in [-0.25, -0.2) is 9.59 Å². The Hall–Kier alpha value is -4.41. The van der Waals surface area contributed by atoms with Crippen LogP contribution in [0.15, 0.2) is 48.9 Å². The number of carboxylic acids is 1. The molecule has 0 unspecified atom stereocenters.